The lowest BCUT2D eigenvalue weighted by atomic mass is 9.84. The Kier molecular flexibility index (Phi) is 4.97. The predicted octanol–water partition coefficient (Wildman–Crippen LogP) is 6.71. The summed E-state index contributed by atoms with van der Waals surface area (Å²) < 4.78 is 20.3. The van der Waals surface area contributed by atoms with Gasteiger partial charge in [0.05, 0.1) is 0 Å². The van der Waals surface area contributed by atoms with Crippen molar-refractivity contribution in [1.82, 2.24) is 5.09 Å². The van der Waals surface area contributed by atoms with Gasteiger partial charge in [-0.3, -0.25) is 9.65 Å². The highest BCUT2D eigenvalue weighted by Crippen LogP contribution is 2.56. The predicted molar refractivity (Wildman–Crippen MR) is 119 cm³/mol. The summed E-state index contributed by atoms with van der Waals surface area (Å²) in [4.78, 5) is 0. The average molecular weight is 405 g/mol. The second-order valence-corrected chi connectivity index (χ2v) is 11.0. The minimum Gasteiger partial charge on any atom is -0.456 e. The van der Waals surface area contributed by atoms with Crippen LogP contribution in [0.3, 0.4) is 0 Å². The SMILES string of the molecule is C[C@@H](NP1(=O)C=C(c2ccccc2)OC(c2ccccc2)=C1)[C@H]1C[C@H]2CC[C@H]1C2. The first kappa shape index (κ1) is 18.9. The molecule has 2 aromatic rings. The van der Waals surface area contributed by atoms with E-state index in [1.807, 2.05) is 72.3 Å². The van der Waals surface area contributed by atoms with Gasteiger partial charge in [0, 0.05) is 28.8 Å². The Labute approximate surface area is 173 Å². The molecule has 2 fully saturated rings. The molecule has 0 radical (unpaired) electrons. The van der Waals surface area contributed by atoms with Crippen LogP contribution in [0.2, 0.25) is 0 Å². The minimum absolute atomic E-state index is 0.232. The van der Waals surface area contributed by atoms with Gasteiger partial charge in [0.25, 0.3) is 0 Å². The lowest BCUT2D eigenvalue weighted by Crippen LogP contribution is -2.34. The van der Waals surface area contributed by atoms with Crippen molar-refractivity contribution < 1.29 is 9.30 Å². The van der Waals surface area contributed by atoms with E-state index in [2.05, 4.69) is 12.0 Å². The van der Waals surface area contributed by atoms with Crippen LogP contribution in [-0.4, -0.2) is 6.04 Å². The summed E-state index contributed by atoms with van der Waals surface area (Å²) in [5, 5.41) is 3.54. The van der Waals surface area contributed by atoms with E-state index in [9.17, 15) is 4.57 Å². The molecule has 150 valence electrons. The average Bonchev–Trinajstić information content (AvgIpc) is 3.38. The van der Waals surface area contributed by atoms with Gasteiger partial charge in [-0.1, -0.05) is 67.1 Å². The number of rotatable bonds is 5. The molecule has 2 saturated carbocycles. The first-order chi connectivity index (χ1) is 14.1. The van der Waals surface area contributed by atoms with Gasteiger partial charge in [-0.25, -0.2) is 0 Å². The van der Waals surface area contributed by atoms with Crippen molar-refractivity contribution in [2.75, 3.05) is 0 Å². The Balaban J connectivity index is 1.47. The molecule has 4 atom stereocenters. The van der Waals surface area contributed by atoms with Crippen LogP contribution in [0.25, 0.3) is 11.5 Å². The molecule has 29 heavy (non-hydrogen) atoms. The molecule has 5 rings (SSSR count). The molecule has 2 aliphatic carbocycles. The summed E-state index contributed by atoms with van der Waals surface area (Å²) in [6.07, 6.45) is 5.36. The number of hydrogen-bond donors (Lipinski definition) is 1. The van der Waals surface area contributed by atoms with E-state index in [1.165, 1.54) is 25.7 Å². The molecule has 3 nitrogen and oxygen atoms in total. The van der Waals surface area contributed by atoms with Crippen molar-refractivity contribution in [3.05, 3.63) is 83.4 Å². The summed E-state index contributed by atoms with van der Waals surface area (Å²) >= 11 is 0. The molecule has 4 heteroatoms. The quantitative estimate of drug-likeness (QED) is 0.562. The van der Waals surface area contributed by atoms with Crippen molar-refractivity contribution in [1.29, 1.82) is 0 Å². The summed E-state index contributed by atoms with van der Waals surface area (Å²) in [5.41, 5.74) is 1.90. The second kappa shape index (κ2) is 7.63. The summed E-state index contributed by atoms with van der Waals surface area (Å²) in [5.74, 6) is 7.29. The van der Waals surface area contributed by atoms with Gasteiger partial charge in [0.15, 0.2) is 7.29 Å². The van der Waals surface area contributed by atoms with Gasteiger partial charge in [0.2, 0.25) is 0 Å². The number of hydrogen-bond acceptors (Lipinski definition) is 2. The van der Waals surface area contributed by atoms with Crippen LogP contribution in [0.4, 0.5) is 0 Å². The van der Waals surface area contributed by atoms with Crippen LogP contribution in [0.1, 0.15) is 43.7 Å². The molecule has 0 saturated heterocycles. The van der Waals surface area contributed by atoms with Crippen LogP contribution >= 0.6 is 7.29 Å². The van der Waals surface area contributed by atoms with Crippen LogP contribution in [-0.2, 0) is 9.30 Å². The Bertz CT molecular complexity index is 923. The van der Waals surface area contributed by atoms with Gasteiger partial charge in [-0.05, 0) is 43.9 Å². The van der Waals surface area contributed by atoms with Gasteiger partial charge >= 0.3 is 0 Å². The fraction of sp³-hybridized carbons (Fsp3) is 0.360. The topological polar surface area (TPSA) is 38.3 Å². The van der Waals surface area contributed by atoms with E-state index in [1.54, 1.807) is 0 Å². The Morgan fingerprint density at radius 3 is 1.97 bits per heavy atom. The molecular weight excluding hydrogens is 377 g/mol. The Hall–Kier alpha value is -2.09. The molecule has 0 aromatic heterocycles. The lowest BCUT2D eigenvalue weighted by molar-refractivity contribution is 0.280. The smallest absolute Gasteiger partial charge is 0.198 e. The van der Waals surface area contributed by atoms with Crippen LogP contribution in [0, 0.1) is 17.8 Å². The summed E-state index contributed by atoms with van der Waals surface area (Å²) in [6.45, 7) is 2.21. The fourth-order valence-electron chi connectivity index (χ4n) is 5.42. The summed E-state index contributed by atoms with van der Waals surface area (Å²) in [7, 11) is -2.89. The second-order valence-electron chi connectivity index (χ2n) is 8.79. The number of nitrogens with one attached hydrogen (secondary N) is 1. The van der Waals surface area contributed by atoms with Gasteiger partial charge in [-0.15, -0.1) is 0 Å². The molecule has 0 spiro atoms. The number of ether oxygens (including phenoxy) is 1. The van der Waals surface area contributed by atoms with Crippen molar-refractivity contribution in [3.63, 3.8) is 0 Å². The van der Waals surface area contributed by atoms with Crippen LogP contribution in [0.5, 0.6) is 0 Å². The molecule has 3 aliphatic rings. The van der Waals surface area contributed by atoms with Crippen LogP contribution in [0.15, 0.2) is 72.3 Å². The van der Waals surface area contributed by atoms with E-state index in [4.69, 9.17) is 4.74 Å². The zero-order valence-corrected chi connectivity index (χ0v) is 17.7. The molecule has 1 heterocycles. The zero-order chi connectivity index (χ0) is 19.8. The summed E-state index contributed by atoms with van der Waals surface area (Å²) in [6, 6.07) is 20.1. The highest BCUT2D eigenvalue weighted by molar-refractivity contribution is 7.68. The van der Waals surface area contributed by atoms with Crippen molar-refractivity contribution >= 4 is 18.8 Å². The van der Waals surface area contributed by atoms with E-state index in [0.29, 0.717) is 17.4 Å². The normalized spacial score (nSPS) is 28.4. The monoisotopic (exact) mass is 405 g/mol. The molecule has 1 aliphatic heterocycles. The molecule has 0 unspecified atom stereocenters. The largest absolute Gasteiger partial charge is 0.456 e. The standard InChI is InChI=1S/C25H28NO2P/c1-18(23-15-19-12-13-22(23)14-19)26-29(27)16-24(20-8-4-2-5-9-20)28-25(17-29)21-10-6-3-7-11-21/h2-11,16-19,22-23H,12-15H2,1H3,(H,26,27)/t18-,19+,22+,23-/m1/s1. The van der Waals surface area contributed by atoms with Crippen molar-refractivity contribution in [2.24, 2.45) is 17.8 Å². The number of benzene rings is 2. The van der Waals surface area contributed by atoms with E-state index < -0.39 is 7.29 Å². The molecule has 1 N–H and O–H groups in total. The van der Waals surface area contributed by atoms with Crippen molar-refractivity contribution in [2.45, 2.75) is 38.6 Å². The van der Waals surface area contributed by atoms with E-state index in [-0.39, 0.29) is 6.04 Å². The van der Waals surface area contributed by atoms with Crippen LogP contribution < -0.4 is 5.09 Å². The third-order valence-corrected chi connectivity index (χ3v) is 8.84. The van der Waals surface area contributed by atoms with Gasteiger partial charge in [-0.2, -0.15) is 0 Å². The molecular formula is C25H28NO2P. The first-order valence-electron chi connectivity index (χ1n) is 10.7. The lowest BCUT2D eigenvalue weighted by Gasteiger charge is -2.32. The highest BCUT2D eigenvalue weighted by atomic mass is 31.2. The minimum atomic E-state index is -2.89. The Morgan fingerprint density at radius 1 is 0.897 bits per heavy atom. The number of fused-ring (bicyclic) bond motifs is 2. The highest BCUT2D eigenvalue weighted by Gasteiger charge is 2.43. The maximum Gasteiger partial charge on any atom is 0.198 e. The third-order valence-electron chi connectivity index (χ3n) is 6.80. The van der Waals surface area contributed by atoms with Gasteiger partial charge < -0.3 is 4.74 Å². The molecule has 2 aromatic carbocycles. The van der Waals surface area contributed by atoms with E-state index in [0.717, 1.165) is 23.0 Å². The molecule has 2 bridgehead atoms. The molecule has 0 amide bonds. The van der Waals surface area contributed by atoms with Crippen molar-refractivity contribution in [3.8, 4) is 0 Å². The maximum atomic E-state index is 14.0. The van der Waals surface area contributed by atoms with E-state index >= 15 is 0 Å². The maximum absolute atomic E-state index is 14.0. The zero-order valence-electron chi connectivity index (χ0n) is 16.8. The third kappa shape index (κ3) is 3.86. The fourth-order valence-corrected chi connectivity index (χ4v) is 7.58. The van der Waals surface area contributed by atoms with Gasteiger partial charge in [0.1, 0.15) is 11.5 Å². The Morgan fingerprint density at radius 2 is 1.48 bits per heavy atom. The first-order valence-corrected chi connectivity index (χ1v) is 12.6.